The van der Waals surface area contributed by atoms with Gasteiger partial charge in [-0.25, -0.2) is 0 Å². The molecule has 14 heavy (non-hydrogen) atoms. The van der Waals surface area contributed by atoms with Crippen molar-refractivity contribution in [3.63, 3.8) is 0 Å². The Morgan fingerprint density at radius 2 is 2.50 bits per heavy atom. The van der Waals surface area contributed by atoms with Crippen LogP contribution in [-0.4, -0.2) is 43.8 Å². The third kappa shape index (κ3) is 5.05. The topological polar surface area (TPSA) is 50.4 Å². The van der Waals surface area contributed by atoms with Gasteiger partial charge in [0.2, 0.25) is 5.91 Å². The number of hydrogen-bond acceptors (Lipinski definition) is 4. The average molecular weight is 241 g/mol. The molecule has 1 atom stereocenters. The van der Waals surface area contributed by atoms with Crippen molar-refractivity contribution in [2.75, 3.05) is 31.9 Å². The molecule has 1 fully saturated rings. The van der Waals surface area contributed by atoms with Crippen molar-refractivity contribution in [2.45, 2.75) is 12.5 Å². The second-order valence-corrected chi connectivity index (χ2v) is 3.94. The van der Waals surface area contributed by atoms with Crippen LogP contribution in [0.5, 0.6) is 0 Å². The quantitative estimate of drug-likeness (QED) is 0.676. The van der Waals surface area contributed by atoms with Crippen LogP contribution in [0.3, 0.4) is 0 Å². The lowest BCUT2D eigenvalue weighted by molar-refractivity contribution is -0.122. The minimum Gasteiger partial charge on any atom is -0.385 e. The SMILES string of the molecule is COCCCNC(=O)C1CSCN1.Cl. The first-order valence-electron chi connectivity index (χ1n) is 4.42. The van der Waals surface area contributed by atoms with E-state index in [4.69, 9.17) is 4.74 Å². The number of halogens is 1. The van der Waals surface area contributed by atoms with E-state index in [0.29, 0.717) is 13.2 Å². The summed E-state index contributed by atoms with van der Waals surface area (Å²) in [4.78, 5) is 11.4. The number of rotatable bonds is 5. The number of hydrogen-bond donors (Lipinski definition) is 2. The highest BCUT2D eigenvalue weighted by molar-refractivity contribution is 7.99. The smallest absolute Gasteiger partial charge is 0.238 e. The van der Waals surface area contributed by atoms with Gasteiger partial charge < -0.3 is 10.1 Å². The lowest BCUT2D eigenvalue weighted by Crippen LogP contribution is -2.42. The minimum absolute atomic E-state index is 0. The van der Waals surface area contributed by atoms with Gasteiger partial charge in [0, 0.05) is 31.9 Å². The second kappa shape index (κ2) is 8.35. The number of methoxy groups -OCH3 is 1. The summed E-state index contributed by atoms with van der Waals surface area (Å²) in [5.41, 5.74) is 0. The van der Waals surface area contributed by atoms with Crippen LogP contribution in [-0.2, 0) is 9.53 Å². The molecule has 2 N–H and O–H groups in total. The van der Waals surface area contributed by atoms with E-state index in [2.05, 4.69) is 10.6 Å². The third-order valence-electron chi connectivity index (χ3n) is 1.86. The summed E-state index contributed by atoms with van der Waals surface area (Å²) in [6.45, 7) is 1.41. The first-order chi connectivity index (χ1) is 6.34. The van der Waals surface area contributed by atoms with Crippen molar-refractivity contribution >= 4 is 30.1 Å². The maximum Gasteiger partial charge on any atom is 0.238 e. The summed E-state index contributed by atoms with van der Waals surface area (Å²) in [7, 11) is 1.66. The van der Waals surface area contributed by atoms with Crippen molar-refractivity contribution in [1.29, 1.82) is 0 Å². The Balaban J connectivity index is 0.00000169. The molecule has 6 heteroatoms. The van der Waals surface area contributed by atoms with Gasteiger partial charge in [-0.2, -0.15) is 0 Å². The van der Waals surface area contributed by atoms with E-state index in [-0.39, 0.29) is 24.4 Å². The lowest BCUT2D eigenvalue weighted by Gasteiger charge is -2.09. The predicted molar refractivity (Wildman–Crippen MR) is 61.0 cm³/mol. The third-order valence-corrected chi connectivity index (χ3v) is 2.80. The van der Waals surface area contributed by atoms with Crippen molar-refractivity contribution in [3.05, 3.63) is 0 Å². The zero-order valence-corrected chi connectivity index (χ0v) is 9.88. The first kappa shape index (κ1) is 14.0. The largest absolute Gasteiger partial charge is 0.385 e. The molecule has 0 aromatic carbocycles. The van der Waals surface area contributed by atoms with Crippen LogP contribution < -0.4 is 10.6 Å². The Bertz CT molecular complexity index is 165. The van der Waals surface area contributed by atoms with Gasteiger partial charge in [-0.05, 0) is 6.42 Å². The molecule has 4 nitrogen and oxygen atoms in total. The summed E-state index contributed by atoms with van der Waals surface area (Å²) in [6.07, 6.45) is 0.877. The zero-order chi connectivity index (χ0) is 9.52. The molecule has 1 heterocycles. The molecule has 84 valence electrons. The van der Waals surface area contributed by atoms with Gasteiger partial charge in [0.25, 0.3) is 0 Å². The van der Waals surface area contributed by atoms with Crippen molar-refractivity contribution in [2.24, 2.45) is 0 Å². The lowest BCUT2D eigenvalue weighted by atomic mass is 10.3. The summed E-state index contributed by atoms with van der Waals surface area (Å²) < 4.78 is 4.88. The van der Waals surface area contributed by atoms with Gasteiger partial charge in [0.05, 0.1) is 6.04 Å². The molecule has 1 amide bonds. The fourth-order valence-electron chi connectivity index (χ4n) is 1.11. The van der Waals surface area contributed by atoms with Crippen molar-refractivity contribution in [1.82, 2.24) is 10.6 Å². The second-order valence-electron chi connectivity index (χ2n) is 2.91. The van der Waals surface area contributed by atoms with E-state index in [0.717, 1.165) is 18.1 Å². The summed E-state index contributed by atoms with van der Waals surface area (Å²) in [5, 5.41) is 5.98. The summed E-state index contributed by atoms with van der Waals surface area (Å²) in [5.74, 6) is 1.88. The standard InChI is InChI=1S/C8H16N2O2S.ClH/c1-12-4-2-3-9-8(11)7-5-13-6-10-7;/h7,10H,2-6H2,1H3,(H,9,11);1H. The molecule has 0 saturated carbocycles. The molecule has 0 aliphatic carbocycles. The number of thioether (sulfide) groups is 1. The average Bonchev–Trinajstić information content (AvgIpc) is 2.65. The minimum atomic E-state index is 0. The molecule has 1 unspecified atom stereocenters. The molecule has 0 spiro atoms. The molecule has 1 aliphatic heterocycles. The Labute approximate surface area is 94.9 Å². The number of amides is 1. The van der Waals surface area contributed by atoms with Crippen molar-refractivity contribution < 1.29 is 9.53 Å². The number of carbonyl (C=O) groups is 1. The van der Waals surface area contributed by atoms with Gasteiger partial charge in [0.15, 0.2) is 0 Å². The highest BCUT2D eigenvalue weighted by atomic mass is 35.5. The predicted octanol–water partition coefficient (Wildman–Crippen LogP) is 0.223. The van der Waals surface area contributed by atoms with E-state index < -0.39 is 0 Å². The highest BCUT2D eigenvalue weighted by Crippen LogP contribution is 2.08. The Kier molecular flexibility index (Phi) is 8.37. The van der Waals surface area contributed by atoms with E-state index in [9.17, 15) is 4.79 Å². The number of carbonyl (C=O) groups excluding carboxylic acids is 1. The van der Waals surface area contributed by atoms with E-state index in [1.807, 2.05) is 0 Å². The van der Waals surface area contributed by atoms with Crippen LogP contribution in [0.4, 0.5) is 0 Å². The zero-order valence-electron chi connectivity index (χ0n) is 8.25. The maximum atomic E-state index is 11.4. The molecular formula is C8H17ClN2O2S. The molecule has 0 aromatic rings. The fourth-order valence-corrected chi connectivity index (χ4v) is 2.06. The number of ether oxygens (including phenoxy) is 1. The highest BCUT2D eigenvalue weighted by Gasteiger charge is 2.21. The Morgan fingerprint density at radius 1 is 1.71 bits per heavy atom. The van der Waals surface area contributed by atoms with E-state index in [1.54, 1.807) is 18.9 Å². The maximum absolute atomic E-state index is 11.4. The van der Waals surface area contributed by atoms with Crippen LogP contribution in [0, 0.1) is 0 Å². The van der Waals surface area contributed by atoms with Crippen molar-refractivity contribution in [3.8, 4) is 0 Å². The molecule has 0 radical (unpaired) electrons. The van der Waals surface area contributed by atoms with Gasteiger partial charge >= 0.3 is 0 Å². The van der Waals surface area contributed by atoms with Crippen LogP contribution in [0.2, 0.25) is 0 Å². The summed E-state index contributed by atoms with van der Waals surface area (Å²) in [6, 6.07) is 0.00699. The van der Waals surface area contributed by atoms with Crippen LogP contribution in [0.25, 0.3) is 0 Å². The fraction of sp³-hybridized carbons (Fsp3) is 0.875. The molecule has 0 bridgehead atoms. The molecule has 0 aromatic heterocycles. The Hall–Kier alpha value is 0.0300. The van der Waals surface area contributed by atoms with Crippen LogP contribution >= 0.6 is 24.2 Å². The molecule has 1 aliphatic rings. The molecule has 1 rings (SSSR count). The van der Waals surface area contributed by atoms with Gasteiger partial charge in [-0.15, -0.1) is 24.2 Å². The van der Waals surface area contributed by atoms with E-state index >= 15 is 0 Å². The van der Waals surface area contributed by atoms with E-state index in [1.165, 1.54) is 0 Å². The first-order valence-corrected chi connectivity index (χ1v) is 5.58. The van der Waals surface area contributed by atoms with Gasteiger partial charge in [-0.1, -0.05) is 0 Å². The van der Waals surface area contributed by atoms with Crippen LogP contribution in [0.1, 0.15) is 6.42 Å². The number of nitrogens with one attached hydrogen (secondary N) is 2. The molecular weight excluding hydrogens is 224 g/mol. The van der Waals surface area contributed by atoms with Gasteiger partial charge in [0.1, 0.15) is 0 Å². The van der Waals surface area contributed by atoms with Gasteiger partial charge in [-0.3, -0.25) is 10.1 Å². The monoisotopic (exact) mass is 240 g/mol. The molecule has 1 saturated heterocycles. The summed E-state index contributed by atoms with van der Waals surface area (Å²) >= 11 is 1.76. The normalized spacial score (nSPS) is 20.2. The Morgan fingerprint density at radius 3 is 3.07 bits per heavy atom. The van der Waals surface area contributed by atoms with Crippen LogP contribution in [0.15, 0.2) is 0 Å².